The second kappa shape index (κ2) is 6.63. The van der Waals surface area contributed by atoms with Crippen LogP contribution in [0.4, 0.5) is 14.5 Å². The highest BCUT2D eigenvalue weighted by molar-refractivity contribution is 9.10. The lowest BCUT2D eigenvalue weighted by Gasteiger charge is -2.24. The first-order valence-electron chi connectivity index (χ1n) is 6.29. The molecule has 0 saturated carbocycles. The fourth-order valence-corrected chi connectivity index (χ4v) is 2.19. The molecule has 0 aliphatic carbocycles. The van der Waals surface area contributed by atoms with Crippen LogP contribution in [0.1, 0.15) is 27.2 Å². The molecule has 1 atom stereocenters. The van der Waals surface area contributed by atoms with Gasteiger partial charge in [0.05, 0.1) is 16.1 Å². The standard InChI is InChI=1S/C14H19BrF2N2O/c1-14(2,3)6-8(7-18)13(20)19-12-5-10(16)9(15)4-11(12)17/h4-5,8H,6-7,18H2,1-3H3,(H,19,20). The fraction of sp³-hybridized carbons (Fsp3) is 0.500. The Morgan fingerprint density at radius 2 is 1.95 bits per heavy atom. The summed E-state index contributed by atoms with van der Waals surface area (Å²) in [5.74, 6) is -2.18. The molecule has 0 aliphatic heterocycles. The van der Waals surface area contributed by atoms with E-state index < -0.39 is 23.5 Å². The van der Waals surface area contributed by atoms with Gasteiger partial charge in [-0.1, -0.05) is 20.8 Å². The van der Waals surface area contributed by atoms with Crippen molar-refractivity contribution in [3.05, 3.63) is 28.2 Å². The van der Waals surface area contributed by atoms with Crippen LogP contribution in [-0.4, -0.2) is 12.5 Å². The maximum absolute atomic E-state index is 13.7. The van der Waals surface area contributed by atoms with Crippen LogP contribution in [0, 0.1) is 23.0 Å². The van der Waals surface area contributed by atoms with Crippen molar-refractivity contribution in [3.63, 3.8) is 0 Å². The number of carbonyl (C=O) groups excluding carboxylic acids is 1. The second-order valence-corrected chi connectivity index (χ2v) is 6.79. The Hall–Kier alpha value is -1.01. The molecule has 1 aromatic carbocycles. The SMILES string of the molecule is CC(C)(C)CC(CN)C(=O)Nc1cc(F)c(Br)cc1F. The van der Waals surface area contributed by atoms with Crippen molar-refractivity contribution in [1.29, 1.82) is 0 Å². The van der Waals surface area contributed by atoms with Gasteiger partial charge in [-0.2, -0.15) is 0 Å². The van der Waals surface area contributed by atoms with Crippen LogP contribution in [0.5, 0.6) is 0 Å². The predicted octanol–water partition coefficient (Wildman–Crippen LogP) is 3.68. The zero-order chi connectivity index (χ0) is 15.5. The van der Waals surface area contributed by atoms with Crippen molar-refractivity contribution in [2.24, 2.45) is 17.1 Å². The Morgan fingerprint density at radius 3 is 2.45 bits per heavy atom. The van der Waals surface area contributed by atoms with Crippen LogP contribution in [0.15, 0.2) is 16.6 Å². The van der Waals surface area contributed by atoms with E-state index in [0.29, 0.717) is 6.42 Å². The highest BCUT2D eigenvalue weighted by Crippen LogP contribution is 2.27. The van der Waals surface area contributed by atoms with E-state index >= 15 is 0 Å². The Kier molecular flexibility index (Phi) is 5.65. The lowest BCUT2D eigenvalue weighted by molar-refractivity contribution is -0.120. The number of carbonyl (C=O) groups is 1. The molecule has 0 aliphatic rings. The van der Waals surface area contributed by atoms with Gasteiger partial charge < -0.3 is 11.1 Å². The minimum atomic E-state index is -0.696. The second-order valence-electron chi connectivity index (χ2n) is 5.93. The Balaban J connectivity index is 2.86. The summed E-state index contributed by atoms with van der Waals surface area (Å²) in [6, 6.07) is 1.92. The van der Waals surface area contributed by atoms with E-state index in [-0.39, 0.29) is 22.1 Å². The number of hydrogen-bond donors (Lipinski definition) is 2. The van der Waals surface area contributed by atoms with Gasteiger partial charge in [-0.3, -0.25) is 4.79 Å². The molecule has 3 N–H and O–H groups in total. The molecule has 6 heteroatoms. The summed E-state index contributed by atoms with van der Waals surface area (Å²) < 4.78 is 27.0. The van der Waals surface area contributed by atoms with Crippen molar-refractivity contribution in [2.75, 3.05) is 11.9 Å². The lowest BCUT2D eigenvalue weighted by atomic mass is 9.84. The molecular formula is C14H19BrF2N2O. The Labute approximate surface area is 126 Å². The van der Waals surface area contributed by atoms with E-state index in [1.807, 2.05) is 20.8 Å². The summed E-state index contributed by atoms with van der Waals surface area (Å²) in [6.45, 7) is 6.12. The minimum Gasteiger partial charge on any atom is -0.330 e. The van der Waals surface area contributed by atoms with Crippen LogP contribution in [-0.2, 0) is 4.79 Å². The molecule has 0 spiro atoms. The lowest BCUT2D eigenvalue weighted by Crippen LogP contribution is -2.32. The van der Waals surface area contributed by atoms with Gasteiger partial charge >= 0.3 is 0 Å². The third-order valence-corrected chi connectivity index (χ3v) is 3.39. The summed E-state index contributed by atoms with van der Waals surface area (Å²) >= 11 is 2.88. The molecule has 1 amide bonds. The van der Waals surface area contributed by atoms with Crippen molar-refractivity contribution in [1.82, 2.24) is 0 Å². The third kappa shape index (κ3) is 4.83. The smallest absolute Gasteiger partial charge is 0.228 e. The molecule has 20 heavy (non-hydrogen) atoms. The molecule has 112 valence electrons. The van der Waals surface area contributed by atoms with E-state index in [1.54, 1.807) is 0 Å². The van der Waals surface area contributed by atoms with Crippen LogP contribution in [0.3, 0.4) is 0 Å². The van der Waals surface area contributed by atoms with Crippen LogP contribution < -0.4 is 11.1 Å². The number of halogens is 3. The van der Waals surface area contributed by atoms with Crippen LogP contribution >= 0.6 is 15.9 Å². The molecule has 0 fully saturated rings. The number of hydrogen-bond acceptors (Lipinski definition) is 2. The number of nitrogens with two attached hydrogens (primary N) is 1. The quantitative estimate of drug-likeness (QED) is 0.815. The summed E-state index contributed by atoms with van der Waals surface area (Å²) in [7, 11) is 0. The van der Waals surface area contributed by atoms with Crippen molar-refractivity contribution in [2.45, 2.75) is 27.2 Å². The van der Waals surface area contributed by atoms with Gasteiger partial charge in [0.2, 0.25) is 5.91 Å². The highest BCUT2D eigenvalue weighted by atomic mass is 79.9. The molecule has 1 rings (SSSR count). The van der Waals surface area contributed by atoms with E-state index in [4.69, 9.17) is 5.73 Å². The minimum absolute atomic E-state index is 0.0121. The number of anilines is 1. The maximum atomic E-state index is 13.7. The molecule has 3 nitrogen and oxygen atoms in total. The fourth-order valence-electron chi connectivity index (χ4n) is 1.88. The molecule has 0 radical (unpaired) electrons. The Bertz CT molecular complexity index is 501. The average molecular weight is 349 g/mol. The van der Waals surface area contributed by atoms with E-state index in [0.717, 1.165) is 12.1 Å². The highest BCUT2D eigenvalue weighted by Gasteiger charge is 2.24. The predicted molar refractivity (Wildman–Crippen MR) is 79.3 cm³/mol. The van der Waals surface area contributed by atoms with Gasteiger partial charge in [0.1, 0.15) is 11.6 Å². The van der Waals surface area contributed by atoms with Gasteiger partial charge in [-0.05, 0) is 33.8 Å². The number of nitrogens with one attached hydrogen (secondary N) is 1. The van der Waals surface area contributed by atoms with Crippen molar-refractivity contribution < 1.29 is 13.6 Å². The molecule has 0 aromatic heterocycles. The van der Waals surface area contributed by atoms with Gasteiger partial charge in [0.25, 0.3) is 0 Å². The normalized spacial score (nSPS) is 13.2. The largest absolute Gasteiger partial charge is 0.330 e. The molecule has 0 bridgehead atoms. The molecule has 0 saturated heterocycles. The first-order chi connectivity index (χ1) is 9.14. The topological polar surface area (TPSA) is 55.1 Å². The summed E-state index contributed by atoms with van der Waals surface area (Å²) in [5, 5.41) is 2.40. The van der Waals surface area contributed by atoms with Crippen LogP contribution in [0.2, 0.25) is 0 Å². The summed E-state index contributed by atoms with van der Waals surface area (Å²) in [6.07, 6.45) is 0.565. The number of rotatable bonds is 4. The van der Waals surface area contributed by atoms with Crippen LogP contribution in [0.25, 0.3) is 0 Å². The van der Waals surface area contributed by atoms with Crippen molar-refractivity contribution >= 4 is 27.5 Å². The van der Waals surface area contributed by atoms with Gasteiger partial charge in [-0.25, -0.2) is 8.78 Å². The van der Waals surface area contributed by atoms with Gasteiger partial charge in [0.15, 0.2) is 0 Å². The third-order valence-electron chi connectivity index (χ3n) is 2.78. The zero-order valence-electron chi connectivity index (χ0n) is 11.8. The van der Waals surface area contributed by atoms with Gasteiger partial charge in [0, 0.05) is 12.6 Å². The van der Waals surface area contributed by atoms with Crippen molar-refractivity contribution in [3.8, 4) is 0 Å². The van der Waals surface area contributed by atoms with Gasteiger partial charge in [-0.15, -0.1) is 0 Å². The maximum Gasteiger partial charge on any atom is 0.228 e. The monoisotopic (exact) mass is 348 g/mol. The molecular weight excluding hydrogens is 330 g/mol. The summed E-state index contributed by atoms with van der Waals surface area (Å²) in [5.41, 5.74) is 5.33. The van der Waals surface area contributed by atoms with E-state index in [2.05, 4.69) is 21.2 Å². The average Bonchev–Trinajstić information content (AvgIpc) is 2.31. The molecule has 0 heterocycles. The molecule has 1 aromatic rings. The summed E-state index contributed by atoms with van der Waals surface area (Å²) in [4.78, 5) is 12.1. The zero-order valence-corrected chi connectivity index (χ0v) is 13.4. The first kappa shape index (κ1) is 17.0. The molecule has 1 unspecified atom stereocenters. The number of benzene rings is 1. The number of amides is 1. The Morgan fingerprint density at radius 1 is 1.35 bits per heavy atom. The first-order valence-corrected chi connectivity index (χ1v) is 7.09. The van der Waals surface area contributed by atoms with E-state index in [9.17, 15) is 13.6 Å². The van der Waals surface area contributed by atoms with E-state index in [1.165, 1.54) is 0 Å².